The number of benzene rings is 2. The van der Waals surface area contributed by atoms with Crippen LogP contribution >= 0.6 is 35.6 Å². The molecule has 150 valence electrons. The number of fused-ring (bicyclic) bond motifs is 1. The highest BCUT2D eigenvalue weighted by Gasteiger charge is 2.09. The second-order valence-corrected chi connectivity index (χ2v) is 6.70. The molecule has 0 aliphatic carbocycles. The molecule has 8 heteroatoms. The zero-order chi connectivity index (χ0) is 19.2. The van der Waals surface area contributed by atoms with Crippen molar-refractivity contribution in [2.45, 2.75) is 19.6 Å². The molecule has 0 radical (unpaired) electrons. The number of hydrogen-bond donors (Lipinski definition) is 2. The van der Waals surface area contributed by atoms with Crippen molar-refractivity contribution < 1.29 is 4.74 Å². The third kappa shape index (κ3) is 5.75. The number of hydrogen-bond acceptors (Lipinski definition) is 3. The van der Waals surface area contributed by atoms with Crippen LogP contribution < -0.4 is 15.4 Å². The number of aliphatic imine (C=N–C) groups is 1. The number of ether oxygens (including phenoxy) is 1. The van der Waals surface area contributed by atoms with Gasteiger partial charge in [0.1, 0.15) is 17.7 Å². The zero-order valence-electron chi connectivity index (χ0n) is 16.1. The predicted octanol–water partition coefficient (Wildman–Crippen LogP) is 3.98. The van der Waals surface area contributed by atoms with E-state index < -0.39 is 0 Å². The van der Waals surface area contributed by atoms with E-state index in [1.54, 1.807) is 7.05 Å². The Morgan fingerprint density at radius 1 is 1.18 bits per heavy atom. The lowest BCUT2D eigenvalue weighted by Gasteiger charge is -2.17. The van der Waals surface area contributed by atoms with Crippen molar-refractivity contribution in [3.8, 4) is 5.75 Å². The van der Waals surface area contributed by atoms with Gasteiger partial charge >= 0.3 is 0 Å². The Morgan fingerprint density at radius 2 is 1.89 bits per heavy atom. The lowest BCUT2D eigenvalue weighted by molar-refractivity contribution is 0.224. The molecule has 2 N–H and O–H groups in total. The van der Waals surface area contributed by atoms with Crippen LogP contribution in [-0.2, 0) is 13.6 Å². The summed E-state index contributed by atoms with van der Waals surface area (Å²) in [7, 11) is 3.76. The highest BCUT2D eigenvalue weighted by molar-refractivity contribution is 14.0. The number of nitrogens with zero attached hydrogens (tertiary/aromatic N) is 3. The highest BCUT2D eigenvalue weighted by Crippen LogP contribution is 2.16. The monoisotopic (exact) mass is 513 g/mol. The van der Waals surface area contributed by atoms with Crippen LogP contribution in [0, 0.1) is 0 Å². The van der Waals surface area contributed by atoms with E-state index in [9.17, 15) is 0 Å². The molecule has 6 nitrogen and oxygen atoms in total. The summed E-state index contributed by atoms with van der Waals surface area (Å²) >= 11 is 5.89. The van der Waals surface area contributed by atoms with E-state index in [1.165, 1.54) is 0 Å². The van der Waals surface area contributed by atoms with Gasteiger partial charge in [0.15, 0.2) is 5.96 Å². The van der Waals surface area contributed by atoms with E-state index in [0.717, 1.165) is 22.6 Å². The van der Waals surface area contributed by atoms with Gasteiger partial charge in [0.05, 0.1) is 24.1 Å². The first kappa shape index (κ1) is 22.3. The normalized spacial score (nSPS) is 12.4. The molecule has 2 aromatic carbocycles. The van der Waals surface area contributed by atoms with Gasteiger partial charge in [-0.3, -0.25) is 4.99 Å². The fourth-order valence-electron chi connectivity index (χ4n) is 2.76. The summed E-state index contributed by atoms with van der Waals surface area (Å²) in [5, 5.41) is 7.27. The van der Waals surface area contributed by atoms with Crippen molar-refractivity contribution in [2.24, 2.45) is 12.0 Å². The SMILES string of the molecule is CN=C(NCc1nc2ccccc2n1C)NCC(C)Oc1ccc(Cl)cc1.I. The Kier molecular flexibility index (Phi) is 8.37. The Hall–Kier alpha value is -2.00. The van der Waals surface area contributed by atoms with Gasteiger partial charge in [0.25, 0.3) is 0 Å². The van der Waals surface area contributed by atoms with Gasteiger partial charge in [-0.1, -0.05) is 23.7 Å². The number of guanidine groups is 1. The van der Waals surface area contributed by atoms with Crippen molar-refractivity contribution in [3.05, 3.63) is 59.4 Å². The van der Waals surface area contributed by atoms with Crippen LogP contribution in [0.2, 0.25) is 5.02 Å². The first-order valence-corrected chi connectivity index (χ1v) is 9.21. The molecule has 0 saturated carbocycles. The highest BCUT2D eigenvalue weighted by atomic mass is 127. The molecular formula is C20H25ClIN5O. The molecule has 0 amide bonds. The summed E-state index contributed by atoms with van der Waals surface area (Å²) in [4.78, 5) is 8.92. The molecule has 1 aromatic heterocycles. The lowest BCUT2D eigenvalue weighted by Crippen LogP contribution is -2.41. The average molecular weight is 514 g/mol. The number of rotatable bonds is 6. The van der Waals surface area contributed by atoms with Gasteiger partial charge in [-0.05, 0) is 43.3 Å². The first-order chi connectivity index (χ1) is 13.1. The van der Waals surface area contributed by atoms with Gasteiger partial charge < -0.3 is 19.9 Å². The first-order valence-electron chi connectivity index (χ1n) is 8.84. The molecule has 0 bridgehead atoms. The van der Waals surface area contributed by atoms with E-state index in [4.69, 9.17) is 16.3 Å². The molecular weight excluding hydrogens is 489 g/mol. The molecule has 28 heavy (non-hydrogen) atoms. The van der Waals surface area contributed by atoms with Crippen LogP contribution in [-0.4, -0.2) is 35.2 Å². The van der Waals surface area contributed by atoms with Crippen LogP contribution in [0.15, 0.2) is 53.5 Å². The molecule has 1 unspecified atom stereocenters. The minimum absolute atomic E-state index is 0. The number of aryl methyl sites for hydroxylation is 1. The maximum atomic E-state index is 5.89. The van der Waals surface area contributed by atoms with E-state index in [-0.39, 0.29) is 30.1 Å². The van der Waals surface area contributed by atoms with E-state index in [0.29, 0.717) is 24.1 Å². The van der Waals surface area contributed by atoms with Gasteiger partial charge in [-0.25, -0.2) is 4.98 Å². The van der Waals surface area contributed by atoms with Crippen molar-refractivity contribution in [3.63, 3.8) is 0 Å². The van der Waals surface area contributed by atoms with Crippen molar-refractivity contribution in [1.82, 2.24) is 20.2 Å². The van der Waals surface area contributed by atoms with Crippen molar-refractivity contribution in [1.29, 1.82) is 0 Å². The van der Waals surface area contributed by atoms with Crippen LogP contribution in [0.25, 0.3) is 11.0 Å². The molecule has 0 aliphatic heterocycles. The van der Waals surface area contributed by atoms with Crippen LogP contribution in [0.3, 0.4) is 0 Å². The number of para-hydroxylation sites is 2. The number of halogens is 2. The fourth-order valence-corrected chi connectivity index (χ4v) is 2.89. The maximum absolute atomic E-state index is 5.89. The largest absolute Gasteiger partial charge is 0.489 e. The zero-order valence-corrected chi connectivity index (χ0v) is 19.2. The standard InChI is InChI=1S/C20H24ClN5O.HI/c1-14(27-16-10-8-15(21)9-11-16)12-23-20(22-2)24-13-19-25-17-6-4-5-7-18(17)26(19)3;/h4-11,14H,12-13H2,1-3H3,(H2,22,23,24);1H. The summed E-state index contributed by atoms with van der Waals surface area (Å²) in [5.41, 5.74) is 2.10. The topological polar surface area (TPSA) is 63.5 Å². The van der Waals surface area contributed by atoms with Crippen LogP contribution in [0.5, 0.6) is 5.75 Å². The van der Waals surface area contributed by atoms with Crippen LogP contribution in [0.4, 0.5) is 0 Å². The summed E-state index contributed by atoms with van der Waals surface area (Å²) in [5.74, 6) is 2.44. The second-order valence-electron chi connectivity index (χ2n) is 6.26. The summed E-state index contributed by atoms with van der Waals surface area (Å²) in [6, 6.07) is 15.4. The van der Waals surface area contributed by atoms with Crippen molar-refractivity contribution >= 4 is 52.6 Å². The van der Waals surface area contributed by atoms with Gasteiger partial charge in [-0.2, -0.15) is 0 Å². The molecule has 3 rings (SSSR count). The second kappa shape index (κ2) is 10.5. The maximum Gasteiger partial charge on any atom is 0.191 e. The number of aromatic nitrogens is 2. The predicted molar refractivity (Wildman–Crippen MR) is 126 cm³/mol. The third-order valence-corrected chi connectivity index (χ3v) is 4.48. The molecule has 0 fully saturated rings. The van der Waals surface area contributed by atoms with Gasteiger partial charge in [0, 0.05) is 19.1 Å². The summed E-state index contributed by atoms with van der Waals surface area (Å²) in [6.45, 7) is 3.20. The van der Waals surface area contributed by atoms with E-state index in [1.807, 2.05) is 56.4 Å². The fraction of sp³-hybridized carbons (Fsp3) is 0.300. The molecule has 1 atom stereocenters. The van der Waals surface area contributed by atoms with Gasteiger partial charge in [0.2, 0.25) is 0 Å². The number of nitrogens with one attached hydrogen (secondary N) is 2. The molecule has 0 saturated heterocycles. The minimum atomic E-state index is -0.0273. The van der Waals surface area contributed by atoms with Gasteiger partial charge in [-0.15, -0.1) is 24.0 Å². The minimum Gasteiger partial charge on any atom is -0.489 e. The van der Waals surface area contributed by atoms with E-state index >= 15 is 0 Å². The Balaban J connectivity index is 0.00000280. The lowest BCUT2D eigenvalue weighted by atomic mass is 10.3. The molecule has 1 heterocycles. The third-order valence-electron chi connectivity index (χ3n) is 4.23. The Labute approximate surface area is 187 Å². The molecule has 3 aromatic rings. The van der Waals surface area contributed by atoms with Crippen LogP contribution in [0.1, 0.15) is 12.7 Å². The summed E-state index contributed by atoms with van der Waals surface area (Å²) < 4.78 is 7.95. The molecule has 0 spiro atoms. The average Bonchev–Trinajstić information content (AvgIpc) is 3.00. The number of imidazole rings is 1. The summed E-state index contributed by atoms with van der Waals surface area (Å²) in [6.07, 6.45) is -0.0273. The Bertz CT molecular complexity index is 926. The smallest absolute Gasteiger partial charge is 0.191 e. The molecule has 0 aliphatic rings. The van der Waals surface area contributed by atoms with Crippen molar-refractivity contribution in [2.75, 3.05) is 13.6 Å². The quantitative estimate of drug-likeness (QED) is 0.297. The van der Waals surface area contributed by atoms with E-state index in [2.05, 4.69) is 31.2 Å². The Morgan fingerprint density at radius 3 is 2.57 bits per heavy atom.